The van der Waals surface area contributed by atoms with Crippen LogP contribution >= 0.6 is 12.4 Å². The van der Waals surface area contributed by atoms with Gasteiger partial charge in [0.25, 0.3) is 0 Å². The number of piperidine rings is 1. The highest BCUT2D eigenvalue weighted by molar-refractivity contribution is 5.86. The highest BCUT2D eigenvalue weighted by Gasteiger charge is 2.26. The maximum atomic E-state index is 11.9. The number of hydrogen-bond donors (Lipinski definition) is 3. The number of primary amides is 1. The van der Waals surface area contributed by atoms with Crippen LogP contribution in [0.2, 0.25) is 0 Å². The molecule has 0 aromatic heterocycles. The predicted molar refractivity (Wildman–Crippen MR) is 68.1 cm³/mol. The zero-order valence-corrected chi connectivity index (χ0v) is 11.0. The molecule has 0 aromatic carbocycles. The van der Waals surface area contributed by atoms with Gasteiger partial charge in [-0.05, 0) is 26.8 Å². The number of hydrogen-bond acceptors (Lipinski definition) is 3. The third-order valence-electron chi connectivity index (χ3n) is 2.87. The maximum Gasteiger partial charge on any atom is 0.312 e. The molecule has 0 bridgehead atoms. The summed E-state index contributed by atoms with van der Waals surface area (Å²) in [5, 5.41) is 5.56. The number of carbonyl (C=O) groups excluding carboxylic acids is 2. The molecule has 1 aliphatic heterocycles. The first-order valence-corrected chi connectivity index (χ1v) is 5.56. The molecule has 1 heterocycles. The summed E-state index contributed by atoms with van der Waals surface area (Å²) in [6.07, 6.45) is 2.07. The summed E-state index contributed by atoms with van der Waals surface area (Å²) in [7, 11) is 1.89. The Kier molecular flexibility index (Phi) is 6.91. The van der Waals surface area contributed by atoms with Crippen LogP contribution in [0.15, 0.2) is 0 Å². The van der Waals surface area contributed by atoms with E-state index in [4.69, 9.17) is 5.73 Å². The molecule has 1 saturated heterocycles. The van der Waals surface area contributed by atoms with Crippen LogP contribution in [0.25, 0.3) is 0 Å². The molecule has 2 unspecified atom stereocenters. The lowest BCUT2D eigenvalue weighted by molar-refractivity contribution is -0.134. The third kappa shape index (κ3) is 4.79. The fraction of sp³-hybridized carbons (Fsp3) is 0.800. The average molecular weight is 265 g/mol. The standard InChI is InChI=1S/C10H20N4O2.ClH/c1-7(13-10(11)16)9(15)14-5-3-4-8(6-14)12-2;/h7-8,12H,3-6H2,1-2H3,(H3,11,13,16);1H. The van der Waals surface area contributed by atoms with Gasteiger partial charge in [-0.3, -0.25) is 4.79 Å². The number of amides is 3. The van der Waals surface area contributed by atoms with Gasteiger partial charge in [-0.25, -0.2) is 4.79 Å². The van der Waals surface area contributed by atoms with Crippen molar-refractivity contribution in [2.45, 2.75) is 31.8 Å². The Morgan fingerprint density at radius 1 is 1.47 bits per heavy atom. The van der Waals surface area contributed by atoms with Crippen molar-refractivity contribution < 1.29 is 9.59 Å². The minimum Gasteiger partial charge on any atom is -0.352 e. The number of rotatable bonds is 3. The summed E-state index contributed by atoms with van der Waals surface area (Å²) in [6, 6.07) is -0.866. The summed E-state index contributed by atoms with van der Waals surface area (Å²) in [6.45, 7) is 3.10. The zero-order valence-electron chi connectivity index (χ0n) is 10.2. The van der Waals surface area contributed by atoms with Crippen LogP contribution in [0.1, 0.15) is 19.8 Å². The smallest absolute Gasteiger partial charge is 0.312 e. The van der Waals surface area contributed by atoms with Crippen molar-refractivity contribution in [3.8, 4) is 0 Å². The molecule has 2 atom stereocenters. The second-order valence-electron chi connectivity index (χ2n) is 4.14. The maximum absolute atomic E-state index is 11.9. The fourth-order valence-corrected chi connectivity index (χ4v) is 1.96. The Balaban J connectivity index is 0.00000256. The van der Waals surface area contributed by atoms with Gasteiger partial charge in [0.2, 0.25) is 5.91 Å². The third-order valence-corrected chi connectivity index (χ3v) is 2.87. The molecule has 0 radical (unpaired) electrons. The van der Waals surface area contributed by atoms with Crippen LogP contribution in [0, 0.1) is 0 Å². The molecule has 1 rings (SSSR count). The van der Waals surface area contributed by atoms with Crippen LogP contribution in [0.3, 0.4) is 0 Å². The van der Waals surface area contributed by atoms with E-state index in [9.17, 15) is 9.59 Å². The topological polar surface area (TPSA) is 87.5 Å². The number of carbonyl (C=O) groups is 2. The quantitative estimate of drug-likeness (QED) is 0.653. The molecule has 0 aromatic rings. The zero-order chi connectivity index (χ0) is 12.1. The summed E-state index contributed by atoms with van der Waals surface area (Å²) < 4.78 is 0. The van der Waals surface area contributed by atoms with Crippen LogP contribution in [0.5, 0.6) is 0 Å². The number of urea groups is 1. The van der Waals surface area contributed by atoms with E-state index in [2.05, 4.69) is 10.6 Å². The number of nitrogens with zero attached hydrogens (tertiary/aromatic N) is 1. The van der Waals surface area contributed by atoms with Gasteiger partial charge in [0.15, 0.2) is 0 Å². The van der Waals surface area contributed by atoms with Crippen LogP contribution < -0.4 is 16.4 Å². The largest absolute Gasteiger partial charge is 0.352 e. The monoisotopic (exact) mass is 264 g/mol. The highest BCUT2D eigenvalue weighted by Crippen LogP contribution is 2.10. The summed E-state index contributed by atoms with van der Waals surface area (Å²) in [4.78, 5) is 24.3. The lowest BCUT2D eigenvalue weighted by atomic mass is 10.1. The van der Waals surface area contributed by atoms with Crippen molar-refractivity contribution in [3.63, 3.8) is 0 Å². The minimum absolute atomic E-state index is 0. The van der Waals surface area contributed by atoms with Crippen molar-refractivity contribution in [2.75, 3.05) is 20.1 Å². The average Bonchev–Trinajstić information content (AvgIpc) is 2.27. The Morgan fingerprint density at radius 2 is 2.12 bits per heavy atom. The molecule has 0 spiro atoms. The molecule has 3 amide bonds. The lowest BCUT2D eigenvalue weighted by Gasteiger charge is -2.34. The molecule has 1 fully saturated rings. The van der Waals surface area contributed by atoms with Gasteiger partial charge in [0.1, 0.15) is 6.04 Å². The minimum atomic E-state index is -0.664. The summed E-state index contributed by atoms with van der Waals surface area (Å²) >= 11 is 0. The molecule has 4 N–H and O–H groups in total. The van der Waals surface area contributed by atoms with Crippen molar-refractivity contribution in [3.05, 3.63) is 0 Å². The van der Waals surface area contributed by atoms with Gasteiger partial charge in [-0.15, -0.1) is 12.4 Å². The molecule has 7 heteroatoms. The molecule has 17 heavy (non-hydrogen) atoms. The number of nitrogens with two attached hydrogens (primary N) is 1. The number of likely N-dealkylation sites (N-methyl/N-ethyl adjacent to an activating group) is 1. The van der Waals surface area contributed by atoms with Gasteiger partial charge < -0.3 is 21.3 Å². The van der Waals surface area contributed by atoms with Crippen molar-refractivity contribution in [1.29, 1.82) is 0 Å². The SMILES string of the molecule is CNC1CCCN(C(=O)C(C)NC(N)=O)C1.Cl. The van der Waals surface area contributed by atoms with E-state index in [0.29, 0.717) is 12.6 Å². The normalized spacial score (nSPS) is 21.3. The van der Waals surface area contributed by atoms with E-state index >= 15 is 0 Å². The molecule has 0 saturated carbocycles. The van der Waals surface area contributed by atoms with Crippen LogP contribution in [0.4, 0.5) is 4.79 Å². The Bertz CT molecular complexity index is 275. The van der Waals surface area contributed by atoms with Gasteiger partial charge in [-0.1, -0.05) is 0 Å². The molecule has 1 aliphatic rings. The van der Waals surface area contributed by atoms with Gasteiger partial charge >= 0.3 is 6.03 Å². The Hall–Kier alpha value is -1.01. The molecule has 6 nitrogen and oxygen atoms in total. The van der Waals surface area contributed by atoms with Gasteiger partial charge in [0, 0.05) is 19.1 Å². The van der Waals surface area contributed by atoms with Crippen LogP contribution in [-0.2, 0) is 4.79 Å². The first kappa shape index (κ1) is 16.0. The first-order valence-electron chi connectivity index (χ1n) is 5.56. The number of halogens is 1. The summed E-state index contributed by atoms with van der Waals surface area (Å²) in [5.41, 5.74) is 4.98. The lowest BCUT2D eigenvalue weighted by Crippen LogP contribution is -2.53. The molecule has 100 valence electrons. The number of likely N-dealkylation sites (tertiary alicyclic amines) is 1. The molecule has 0 aliphatic carbocycles. The van der Waals surface area contributed by atoms with E-state index in [1.807, 2.05) is 7.05 Å². The second kappa shape index (κ2) is 7.34. The highest BCUT2D eigenvalue weighted by atomic mass is 35.5. The Labute approximate surface area is 108 Å². The first-order chi connectivity index (χ1) is 7.54. The van der Waals surface area contributed by atoms with Crippen molar-refractivity contribution >= 4 is 24.3 Å². The Morgan fingerprint density at radius 3 is 2.65 bits per heavy atom. The van der Waals surface area contributed by atoms with E-state index in [-0.39, 0.29) is 18.3 Å². The van der Waals surface area contributed by atoms with E-state index in [0.717, 1.165) is 19.4 Å². The van der Waals surface area contributed by atoms with E-state index < -0.39 is 12.1 Å². The van der Waals surface area contributed by atoms with Crippen molar-refractivity contribution in [2.24, 2.45) is 5.73 Å². The van der Waals surface area contributed by atoms with Crippen LogP contribution in [-0.4, -0.2) is 49.1 Å². The van der Waals surface area contributed by atoms with E-state index in [1.54, 1.807) is 11.8 Å². The summed E-state index contributed by atoms with van der Waals surface area (Å²) in [5.74, 6) is -0.0706. The van der Waals surface area contributed by atoms with Crippen molar-refractivity contribution in [1.82, 2.24) is 15.5 Å². The van der Waals surface area contributed by atoms with Gasteiger partial charge in [0.05, 0.1) is 0 Å². The second-order valence-corrected chi connectivity index (χ2v) is 4.14. The molecular formula is C10H21ClN4O2. The number of nitrogens with one attached hydrogen (secondary N) is 2. The predicted octanol–water partition coefficient (Wildman–Crippen LogP) is -0.325. The van der Waals surface area contributed by atoms with Gasteiger partial charge in [-0.2, -0.15) is 0 Å². The fourth-order valence-electron chi connectivity index (χ4n) is 1.96. The molecular weight excluding hydrogens is 244 g/mol. The van der Waals surface area contributed by atoms with E-state index in [1.165, 1.54) is 0 Å².